The molecule has 0 aliphatic carbocycles. The van der Waals surface area contributed by atoms with Gasteiger partial charge in [-0.05, 0) is 31.4 Å². The van der Waals surface area contributed by atoms with Gasteiger partial charge in [0.15, 0.2) is 0 Å². The van der Waals surface area contributed by atoms with E-state index in [4.69, 9.17) is 4.74 Å². The molecule has 3 heteroatoms. The van der Waals surface area contributed by atoms with Crippen molar-refractivity contribution in [2.45, 2.75) is 19.8 Å². The zero-order valence-corrected chi connectivity index (χ0v) is 10.3. The molecule has 0 radical (unpaired) electrons. The van der Waals surface area contributed by atoms with E-state index in [0.717, 1.165) is 36.2 Å². The van der Waals surface area contributed by atoms with Crippen molar-refractivity contribution in [2.75, 3.05) is 13.7 Å². The Hall–Kier alpha value is -1.77. The minimum absolute atomic E-state index is 0.0731. The van der Waals surface area contributed by atoms with Crippen molar-refractivity contribution in [3.63, 3.8) is 0 Å². The number of allylic oxidation sites excluding steroid dienone is 1. The predicted octanol–water partition coefficient (Wildman–Crippen LogP) is 2.72. The molecule has 1 saturated heterocycles. The molecule has 3 nitrogen and oxygen atoms in total. The maximum atomic E-state index is 12.4. The Labute approximate surface area is 102 Å². The molecule has 0 atom stereocenters. The minimum atomic E-state index is 0.0731. The Balaban J connectivity index is 2.26. The summed E-state index contributed by atoms with van der Waals surface area (Å²) >= 11 is 0. The number of carbonyl (C=O) groups is 1. The molecule has 1 fully saturated rings. The third kappa shape index (κ3) is 2.33. The summed E-state index contributed by atoms with van der Waals surface area (Å²) in [4.78, 5) is 14.2. The van der Waals surface area contributed by atoms with E-state index in [1.807, 2.05) is 36.1 Å². The summed E-state index contributed by atoms with van der Waals surface area (Å²) in [5, 5.41) is 0. The fourth-order valence-corrected chi connectivity index (χ4v) is 2.15. The van der Waals surface area contributed by atoms with Crippen LogP contribution in [0.3, 0.4) is 0 Å². The number of rotatable bonds is 2. The number of ether oxygens (including phenoxy) is 1. The third-order valence-corrected chi connectivity index (χ3v) is 3.04. The normalized spacial score (nSPS) is 17.5. The molecular formula is C14H17NO2. The Morgan fingerprint density at radius 3 is 2.88 bits per heavy atom. The second kappa shape index (κ2) is 5.04. The highest BCUT2D eigenvalue weighted by molar-refractivity contribution is 5.96. The highest BCUT2D eigenvalue weighted by atomic mass is 16.5. The van der Waals surface area contributed by atoms with Crippen molar-refractivity contribution in [3.05, 3.63) is 47.4 Å². The SMILES string of the molecule is COC=C1CCCN1C(=O)c1ccccc1C. The van der Waals surface area contributed by atoms with Gasteiger partial charge in [0.25, 0.3) is 5.91 Å². The van der Waals surface area contributed by atoms with Gasteiger partial charge in [-0.2, -0.15) is 0 Å². The maximum absolute atomic E-state index is 12.4. The molecular weight excluding hydrogens is 214 g/mol. The van der Waals surface area contributed by atoms with E-state index in [9.17, 15) is 4.79 Å². The van der Waals surface area contributed by atoms with E-state index in [2.05, 4.69) is 0 Å². The van der Waals surface area contributed by atoms with Crippen molar-refractivity contribution in [1.29, 1.82) is 0 Å². The molecule has 0 saturated carbocycles. The van der Waals surface area contributed by atoms with Gasteiger partial charge in [0, 0.05) is 12.1 Å². The number of hydrogen-bond donors (Lipinski definition) is 0. The molecule has 0 N–H and O–H groups in total. The number of likely N-dealkylation sites (tertiary alicyclic amines) is 1. The molecule has 17 heavy (non-hydrogen) atoms. The van der Waals surface area contributed by atoms with E-state index >= 15 is 0 Å². The molecule has 1 aromatic carbocycles. The van der Waals surface area contributed by atoms with Crippen LogP contribution in [0.15, 0.2) is 36.2 Å². The summed E-state index contributed by atoms with van der Waals surface area (Å²) in [5.41, 5.74) is 2.76. The second-order valence-corrected chi connectivity index (χ2v) is 4.22. The van der Waals surface area contributed by atoms with Crippen LogP contribution in [0.4, 0.5) is 0 Å². The maximum Gasteiger partial charge on any atom is 0.258 e. The van der Waals surface area contributed by atoms with Gasteiger partial charge in [-0.25, -0.2) is 0 Å². The summed E-state index contributed by atoms with van der Waals surface area (Å²) in [6.45, 7) is 2.74. The van der Waals surface area contributed by atoms with Gasteiger partial charge in [0.2, 0.25) is 0 Å². The van der Waals surface area contributed by atoms with Crippen molar-refractivity contribution < 1.29 is 9.53 Å². The molecule has 1 aliphatic rings. The predicted molar refractivity (Wildman–Crippen MR) is 66.5 cm³/mol. The molecule has 1 aliphatic heterocycles. The monoisotopic (exact) mass is 231 g/mol. The summed E-state index contributed by atoms with van der Waals surface area (Å²) < 4.78 is 5.02. The Morgan fingerprint density at radius 2 is 2.18 bits per heavy atom. The van der Waals surface area contributed by atoms with Crippen LogP contribution in [0.1, 0.15) is 28.8 Å². The van der Waals surface area contributed by atoms with Gasteiger partial charge in [-0.3, -0.25) is 4.79 Å². The lowest BCUT2D eigenvalue weighted by atomic mass is 10.1. The van der Waals surface area contributed by atoms with E-state index in [0.29, 0.717) is 0 Å². The van der Waals surface area contributed by atoms with E-state index in [-0.39, 0.29) is 5.91 Å². The Kier molecular flexibility index (Phi) is 3.47. The van der Waals surface area contributed by atoms with Gasteiger partial charge < -0.3 is 9.64 Å². The number of methoxy groups -OCH3 is 1. The number of benzene rings is 1. The molecule has 1 heterocycles. The summed E-state index contributed by atoms with van der Waals surface area (Å²) in [7, 11) is 1.61. The van der Waals surface area contributed by atoms with Gasteiger partial charge in [0.05, 0.1) is 12.8 Å². The van der Waals surface area contributed by atoms with E-state index in [1.165, 1.54) is 0 Å². The first-order valence-electron chi connectivity index (χ1n) is 5.83. The average Bonchev–Trinajstić information content (AvgIpc) is 2.78. The first-order chi connectivity index (χ1) is 8.24. The van der Waals surface area contributed by atoms with Crippen molar-refractivity contribution in [1.82, 2.24) is 4.90 Å². The summed E-state index contributed by atoms with van der Waals surface area (Å²) in [6.07, 6.45) is 3.58. The topological polar surface area (TPSA) is 29.5 Å². The van der Waals surface area contributed by atoms with E-state index < -0.39 is 0 Å². The van der Waals surface area contributed by atoms with Crippen LogP contribution in [-0.2, 0) is 4.74 Å². The zero-order valence-electron chi connectivity index (χ0n) is 10.3. The highest BCUT2D eigenvalue weighted by Gasteiger charge is 2.25. The van der Waals surface area contributed by atoms with Crippen molar-refractivity contribution >= 4 is 5.91 Å². The van der Waals surface area contributed by atoms with Gasteiger partial charge in [0.1, 0.15) is 6.26 Å². The number of carbonyl (C=O) groups excluding carboxylic acids is 1. The van der Waals surface area contributed by atoms with Crippen molar-refractivity contribution in [2.24, 2.45) is 0 Å². The third-order valence-electron chi connectivity index (χ3n) is 3.04. The molecule has 0 bridgehead atoms. The van der Waals surface area contributed by atoms with Crippen LogP contribution in [0.25, 0.3) is 0 Å². The molecule has 1 amide bonds. The van der Waals surface area contributed by atoms with Gasteiger partial charge in [-0.1, -0.05) is 18.2 Å². The largest absolute Gasteiger partial charge is 0.503 e. The quantitative estimate of drug-likeness (QED) is 0.732. The molecule has 1 aromatic rings. The summed E-state index contributed by atoms with van der Waals surface area (Å²) in [5.74, 6) is 0.0731. The van der Waals surface area contributed by atoms with Crippen LogP contribution in [0.5, 0.6) is 0 Å². The fraction of sp³-hybridized carbons (Fsp3) is 0.357. The Bertz CT molecular complexity index is 451. The van der Waals surface area contributed by atoms with Gasteiger partial charge in [-0.15, -0.1) is 0 Å². The molecule has 0 aromatic heterocycles. The minimum Gasteiger partial charge on any atom is -0.503 e. The number of hydrogen-bond acceptors (Lipinski definition) is 2. The molecule has 0 spiro atoms. The van der Waals surface area contributed by atoms with Crippen LogP contribution in [0.2, 0.25) is 0 Å². The highest BCUT2D eigenvalue weighted by Crippen LogP contribution is 2.24. The second-order valence-electron chi connectivity index (χ2n) is 4.22. The molecule has 90 valence electrons. The number of amides is 1. The lowest BCUT2D eigenvalue weighted by Crippen LogP contribution is -2.27. The standard InChI is InChI=1S/C14H17NO2/c1-11-6-3-4-8-13(11)14(16)15-9-5-7-12(15)10-17-2/h3-4,6,8,10H,5,7,9H2,1-2H3. The van der Waals surface area contributed by atoms with Crippen LogP contribution in [0, 0.1) is 6.92 Å². The van der Waals surface area contributed by atoms with E-state index in [1.54, 1.807) is 13.4 Å². The molecule has 2 rings (SSSR count). The first-order valence-corrected chi connectivity index (χ1v) is 5.83. The first kappa shape index (κ1) is 11.7. The smallest absolute Gasteiger partial charge is 0.258 e. The van der Waals surface area contributed by atoms with Crippen LogP contribution in [-0.4, -0.2) is 24.5 Å². The fourth-order valence-electron chi connectivity index (χ4n) is 2.15. The Morgan fingerprint density at radius 1 is 1.41 bits per heavy atom. The average molecular weight is 231 g/mol. The number of aryl methyl sites for hydroxylation is 1. The lowest BCUT2D eigenvalue weighted by molar-refractivity contribution is 0.0820. The van der Waals surface area contributed by atoms with Crippen LogP contribution >= 0.6 is 0 Å². The number of nitrogens with zero attached hydrogens (tertiary/aromatic N) is 1. The van der Waals surface area contributed by atoms with Crippen molar-refractivity contribution in [3.8, 4) is 0 Å². The lowest BCUT2D eigenvalue weighted by Gasteiger charge is -2.18. The van der Waals surface area contributed by atoms with Crippen LogP contribution < -0.4 is 0 Å². The summed E-state index contributed by atoms with van der Waals surface area (Å²) in [6, 6.07) is 7.68. The zero-order chi connectivity index (χ0) is 12.3. The van der Waals surface area contributed by atoms with Gasteiger partial charge >= 0.3 is 0 Å². The molecule has 0 unspecified atom stereocenters.